The quantitative estimate of drug-likeness (QED) is 0.296. The fourth-order valence-electron chi connectivity index (χ4n) is 3.02. The summed E-state index contributed by atoms with van der Waals surface area (Å²) in [7, 11) is 0. The van der Waals surface area contributed by atoms with E-state index in [1.165, 1.54) is 17.0 Å². The highest BCUT2D eigenvalue weighted by atomic mass is 35.5. The molecule has 0 N–H and O–H groups in total. The Balaban J connectivity index is 1.80. The van der Waals surface area contributed by atoms with Crippen molar-refractivity contribution in [1.82, 2.24) is 0 Å². The van der Waals surface area contributed by atoms with Crippen LogP contribution < -0.4 is 4.90 Å². The van der Waals surface area contributed by atoms with E-state index in [2.05, 4.69) is 4.99 Å². The minimum Gasteiger partial charge on any atom is -0.266 e. The maximum absolute atomic E-state index is 13.2. The first-order valence-electron chi connectivity index (χ1n) is 8.84. The summed E-state index contributed by atoms with van der Waals surface area (Å²) in [6.45, 7) is 0. The molecule has 30 heavy (non-hydrogen) atoms. The number of hydrogen-bond acceptors (Lipinski definition) is 4. The van der Waals surface area contributed by atoms with Crippen molar-refractivity contribution in [3.8, 4) is 0 Å². The Labute approximate surface area is 181 Å². The van der Waals surface area contributed by atoms with Gasteiger partial charge in [0.25, 0.3) is 11.6 Å². The van der Waals surface area contributed by atoms with Crippen molar-refractivity contribution in [2.45, 2.75) is 0 Å². The molecule has 1 amide bonds. The molecular weight excluding hydrogens is 425 g/mol. The lowest BCUT2D eigenvalue weighted by Crippen LogP contribution is -2.32. The van der Waals surface area contributed by atoms with E-state index >= 15 is 0 Å². The molecule has 0 spiro atoms. The van der Waals surface area contributed by atoms with Crippen LogP contribution in [0.25, 0.3) is 6.08 Å². The molecule has 0 fully saturated rings. The van der Waals surface area contributed by atoms with Crippen LogP contribution in [0.5, 0.6) is 0 Å². The van der Waals surface area contributed by atoms with Crippen LogP contribution in [-0.4, -0.2) is 16.7 Å². The third-order valence-corrected chi connectivity index (χ3v) is 5.05. The molecule has 0 unspecified atom stereocenters. The van der Waals surface area contributed by atoms with Gasteiger partial charge in [-0.15, -0.1) is 0 Å². The minimum atomic E-state index is -0.479. The van der Waals surface area contributed by atoms with Crippen molar-refractivity contribution in [3.63, 3.8) is 0 Å². The summed E-state index contributed by atoms with van der Waals surface area (Å²) in [4.78, 5) is 29.6. The van der Waals surface area contributed by atoms with Gasteiger partial charge in [-0.25, -0.2) is 4.99 Å². The standard InChI is InChI=1S/C22H13Cl2N3O3/c23-15-7-11-16(12-8-15)26-21(18-3-1-2-4-19(18)24)25-20(22(26)28)13-14-5-9-17(10-6-14)27(29)30/h1-13H/b20-13+. The van der Waals surface area contributed by atoms with Gasteiger partial charge in [-0.05, 0) is 60.2 Å². The Hall–Kier alpha value is -3.48. The molecule has 4 rings (SSSR count). The second-order valence-electron chi connectivity index (χ2n) is 6.41. The summed E-state index contributed by atoms with van der Waals surface area (Å²) < 4.78 is 0. The molecule has 148 valence electrons. The van der Waals surface area contributed by atoms with E-state index in [1.807, 2.05) is 6.07 Å². The fourth-order valence-corrected chi connectivity index (χ4v) is 3.37. The molecule has 8 heteroatoms. The highest BCUT2D eigenvalue weighted by Gasteiger charge is 2.33. The number of carbonyl (C=O) groups is 1. The molecule has 0 radical (unpaired) electrons. The average molecular weight is 438 g/mol. The van der Waals surface area contributed by atoms with Crippen molar-refractivity contribution >= 4 is 52.4 Å². The van der Waals surface area contributed by atoms with Crippen LogP contribution in [0.1, 0.15) is 11.1 Å². The monoisotopic (exact) mass is 437 g/mol. The van der Waals surface area contributed by atoms with Crippen LogP contribution in [0.15, 0.2) is 83.5 Å². The zero-order chi connectivity index (χ0) is 21.3. The van der Waals surface area contributed by atoms with E-state index in [9.17, 15) is 14.9 Å². The number of aliphatic imine (C=N–C) groups is 1. The number of benzene rings is 3. The summed E-state index contributed by atoms with van der Waals surface area (Å²) in [5.41, 5.74) is 1.97. The smallest absolute Gasteiger partial charge is 0.266 e. The van der Waals surface area contributed by atoms with Gasteiger partial charge in [0.1, 0.15) is 11.5 Å². The van der Waals surface area contributed by atoms with Crippen LogP contribution >= 0.6 is 23.2 Å². The maximum atomic E-state index is 13.2. The Morgan fingerprint density at radius 3 is 2.23 bits per heavy atom. The molecule has 0 aromatic heterocycles. The van der Waals surface area contributed by atoms with Gasteiger partial charge < -0.3 is 0 Å². The van der Waals surface area contributed by atoms with Gasteiger partial charge >= 0.3 is 0 Å². The number of amidine groups is 1. The normalized spacial score (nSPS) is 14.9. The highest BCUT2D eigenvalue weighted by molar-refractivity contribution is 6.39. The van der Waals surface area contributed by atoms with Gasteiger partial charge in [-0.3, -0.25) is 19.8 Å². The van der Waals surface area contributed by atoms with E-state index in [1.54, 1.807) is 60.7 Å². The van der Waals surface area contributed by atoms with Gasteiger partial charge in [0, 0.05) is 22.7 Å². The van der Waals surface area contributed by atoms with Crippen molar-refractivity contribution < 1.29 is 9.72 Å². The third-order valence-electron chi connectivity index (χ3n) is 4.47. The first-order valence-corrected chi connectivity index (χ1v) is 9.59. The summed E-state index contributed by atoms with van der Waals surface area (Å²) in [5, 5.41) is 11.9. The molecule has 6 nitrogen and oxygen atoms in total. The van der Waals surface area contributed by atoms with Crippen molar-refractivity contribution in [2.24, 2.45) is 4.99 Å². The highest BCUT2D eigenvalue weighted by Crippen LogP contribution is 2.31. The SMILES string of the molecule is O=C1/C(=C\c2ccc([N+](=O)[O-])cc2)N=C(c2ccccc2Cl)N1c1ccc(Cl)cc1. The maximum Gasteiger partial charge on any atom is 0.282 e. The van der Waals surface area contributed by atoms with E-state index < -0.39 is 4.92 Å². The molecule has 3 aromatic carbocycles. The molecule has 0 bridgehead atoms. The number of anilines is 1. The largest absolute Gasteiger partial charge is 0.282 e. The van der Waals surface area contributed by atoms with Gasteiger partial charge in [0.05, 0.1) is 15.6 Å². The van der Waals surface area contributed by atoms with Crippen molar-refractivity contribution in [3.05, 3.63) is 110 Å². The number of halogens is 2. The summed E-state index contributed by atoms with van der Waals surface area (Å²) >= 11 is 12.4. The topological polar surface area (TPSA) is 75.8 Å². The van der Waals surface area contributed by atoms with Crippen LogP contribution in [0, 0.1) is 10.1 Å². The van der Waals surface area contributed by atoms with Crippen molar-refractivity contribution in [2.75, 3.05) is 4.90 Å². The van der Waals surface area contributed by atoms with Crippen LogP contribution in [0.3, 0.4) is 0 Å². The predicted molar refractivity (Wildman–Crippen MR) is 118 cm³/mol. The second kappa shape index (κ2) is 8.10. The van der Waals surface area contributed by atoms with Crippen molar-refractivity contribution in [1.29, 1.82) is 0 Å². The lowest BCUT2D eigenvalue weighted by molar-refractivity contribution is -0.384. The fraction of sp³-hybridized carbons (Fsp3) is 0. The average Bonchev–Trinajstić information content (AvgIpc) is 3.05. The molecule has 0 saturated carbocycles. The summed E-state index contributed by atoms with van der Waals surface area (Å²) in [6.07, 6.45) is 1.58. The Morgan fingerprint density at radius 1 is 0.933 bits per heavy atom. The molecule has 0 saturated heterocycles. The molecule has 3 aromatic rings. The Kier molecular flexibility index (Phi) is 5.35. The lowest BCUT2D eigenvalue weighted by Gasteiger charge is -2.19. The number of nitro benzene ring substituents is 1. The number of nitrogens with zero attached hydrogens (tertiary/aromatic N) is 3. The zero-order valence-corrected chi connectivity index (χ0v) is 16.8. The van der Waals surface area contributed by atoms with Crippen LogP contribution in [0.2, 0.25) is 10.0 Å². The third kappa shape index (κ3) is 3.83. The molecular formula is C22H13Cl2N3O3. The molecule has 1 heterocycles. The predicted octanol–water partition coefficient (Wildman–Crippen LogP) is 5.74. The van der Waals surface area contributed by atoms with Gasteiger partial charge in [0.2, 0.25) is 0 Å². The van der Waals surface area contributed by atoms with E-state index in [-0.39, 0.29) is 17.3 Å². The number of non-ortho nitro benzene ring substituents is 1. The molecule has 1 aliphatic rings. The van der Waals surface area contributed by atoms with E-state index in [0.29, 0.717) is 32.7 Å². The van der Waals surface area contributed by atoms with E-state index in [0.717, 1.165) is 0 Å². The second-order valence-corrected chi connectivity index (χ2v) is 7.25. The molecule has 0 aliphatic carbocycles. The van der Waals surface area contributed by atoms with E-state index in [4.69, 9.17) is 23.2 Å². The molecule has 0 atom stereocenters. The van der Waals surface area contributed by atoms with Crippen LogP contribution in [-0.2, 0) is 4.79 Å². The lowest BCUT2D eigenvalue weighted by atomic mass is 10.1. The first-order chi connectivity index (χ1) is 14.4. The number of carbonyl (C=O) groups excluding carboxylic acids is 1. The van der Waals surface area contributed by atoms with Crippen LogP contribution in [0.4, 0.5) is 11.4 Å². The summed E-state index contributed by atoms with van der Waals surface area (Å²) in [6, 6.07) is 19.8. The number of rotatable bonds is 4. The minimum absolute atomic E-state index is 0.0297. The first kappa shape index (κ1) is 19.8. The van der Waals surface area contributed by atoms with Gasteiger partial charge in [-0.1, -0.05) is 35.3 Å². The number of amides is 1. The number of nitro groups is 1. The van der Waals surface area contributed by atoms with Gasteiger partial charge in [-0.2, -0.15) is 0 Å². The zero-order valence-electron chi connectivity index (χ0n) is 15.3. The Morgan fingerprint density at radius 2 is 1.60 bits per heavy atom. The van der Waals surface area contributed by atoms with Gasteiger partial charge in [0.15, 0.2) is 0 Å². The summed E-state index contributed by atoms with van der Waals surface area (Å²) in [5.74, 6) is 0.0479. The Bertz CT molecular complexity index is 1200. The number of hydrogen-bond donors (Lipinski definition) is 0. The molecule has 1 aliphatic heterocycles.